The van der Waals surface area contributed by atoms with E-state index in [0.29, 0.717) is 17.5 Å². The molecule has 0 amide bonds. The van der Waals surface area contributed by atoms with Crippen LogP contribution in [0.2, 0.25) is 0 Å². The van der Waals surface area contributed by atoms with Gasteiger partial charge in [0.15, 0.2) is 0 Å². The van der Waals surface area contributed by atoms with Crippen LogP contribution in [0.3, 0.4) is 0 Å². The van der Waals surface area contributed by atoms with Crippen molar-refractivity contribution in [1.82, 2.24) is 14.8 Å². The van der Waals surface area contributed by atoms with Crippen molar-refractivity contribution in [3.63, 3.8) is 0 Å². The predicted molar refractivity (Wildman–Crippen MR) is 135 cm³/mol. The molecule has 3 aromatic rings. The number of likely N-dealkylation sites (N-methyl/N-ethyl adjacent to an activating group) is 1. The Morgan fingerprint density at radius 1 is 1.00 bits per heavy atom. The van der Waals surface area contributed by atoms with Gasteiger partial charge in [0, 0.05) is 31.5 Å². The Balaban J connectivity index is 1.38. The number of aromatic nitrogens is 1. The van der Waals surface area contributed by atoms with E-state index in [1.165, 1.54) is 36.6 Å². The number of benzene rings is 2. The highest BCUT2D eigenvalue weighted by atomic mass is 16.5. The highest BCUT2D eigenvalue weighted by Gasteiger charge is 2.29. The molecular formula is C29H35N3O2. The fourth-order valence-corrected chi connectivity index (χ4v) is 5.05. The number of ether oxygens (including phenoxy) is 1. The van der Waals surface area contributed by atoms with Crippen molar-refractivity contribution in [2.24, 2.45) is 5.92 Å². The summed E-state index contributed by atoms with van der Waals surface area (Å²) >= 11 is 0. The summed E-state index contributed by atoms with van der Waals surface area (Å²) in [7, 11) is 3.68. The average molecular weight is 458 g/mol. The maximum absolute atomic E-state index is 11.7. The van der Waals surface area contributed by atoms with E-state index in [2.05, 4.69) is 58.2 Å². The topological polar surface area (TPSA) is 45.7 Å². The largest absolute Gasteiger partial charge is 0.465 e. The SMILES string of the molecule is COC(=O)c1ccc(CN2CCC([C@H](Cc3ccccc3)N(C)Cc3cccnc3)CC2)cc1. The maximum atomic E-state index is 11.7. The third kappa shape index (κ3) is 6.52. The molecule has 1 aliphatic rings. The Morgan fingerprint density at radius 2 is 1.71 bits per heavy atom. The first kappa shape index (κ1) is 24.1. The summed E-state index contributed by atoms with van der Waals surface area (Å²) in [6, 6.07) is 23.3. The lowest BCUT2D eigenvalue weighted by Crippen LogP contribution is -2.44. The molecule has 0 unspecified atom stereocenters. The van der Waals surface area contributed by atoms with Gasteiger partial charge >= 0.3 is 5.97 Å². The Kier molecular flexibility index (Phi) is 8.45. The van der Waals surface area contributed by atoms with Crippen molar-refractivity contribution < 1.29 is 9.53 Å². The van der Waals surface area contributed by atoms with E-state index in [4.69, 9.17) is 4.74 Å². The van der Waals surface area contributed by atoms with Gasteiger partial charge in [0.05, 0.1) is 12.7 Å². The number of carbonyl (C=O) groups is 1. The molecule has 5 nitrogen and oxygen atoms in total. The van der Waals surface area contributed by atoms with Crippen LogP contribution in [0.4, 0.5) is 0 Å². The minimum Gasteiger partial charge on any atom is -0.465 e. The molecule has 1 atom stereocenters. The number of hydrogen-bond acceptors (Lipinski definition) is 5. The molecule has 1 fully saturated rings. The van der Waals surface area contributed by atoms with Crippen molar-refractivity contribution in [2.75, 3.05) is 27.2 Å². The third-order valence-electron chi connectivity index (χ3n) is 6.97. The van der Waals surface area contributed by atoms with Gasteiger partial charge in [-0.3, -0.25) is 14.8 Å². The molecule has 0 bridgehead atoms. The molecule has 1 saturated heterocycles. The van der Waals surface area contributed by atoms with Crippen molar-refractivity contribution in [3.05, 3.63) is 101 Å². The van der Waals surface area contributed by atoms with E-state index >= 15 is 0 Å². The lowest BCUT2D eigenvalue weighted by atomic mass is 9.84. The normalized spacial score (nSPS) is 15.9. The first-order valence-corrected chi connectivity index (χ1v) is 12.1. The van der Waals surface area contributed by atoms with Crippen LogP contribution in [0.5, 0.6) is 0 Å². The minimum absolute atomic E-state index is 0.285. The summed E-state index contributed by atoms with van der Waals surface area (Å²) in [5.41, 5.74) is 4.50. The van der Waals surface area contributed by atoms with E-state index < -0.39 is 0 Å². The van der Waals surface area contributed by atoms with Crippen LogP contribution in [0, 0.1) is 5.92 Å². The molecule has 0 N–H and O–H groups in total. The van der Waals surface area contributed by atoms with Crippen molar-refractivity contribution in [1.29, 1.82) is 0 Å². The predicted octanol–water partition coefficient (Wildman–Crippen LogP) is 4.82. The van der Waals surface area contributed by atoms with Crippen molar-refractivity contribution >= 4 is 5.97 Å². The van der Waals surface area contributed by atoms with Gasteiger partial charge in [-0.25, -0.2) is 4.79 Å². The van der Waals surface area contributed by atoms with Gasteiger partial charge in [0.2, 0.25) is 0 Å². The molecule has 2 heterocycles. The molecule has 0 saturated carbocycles. The average Bonchev–Trinajstić information content (AvgIpc) is 2.89. The van der Waals surface area contributed by atoms with Gasteiger partial charge in [-0.1, -0.05) is 48.5 Å². The van der Waals surface area contributed by atoms with Gasteiger partial charge in [0.1, 0.15) is 0 Å². The smallest absolute Gasteiger partial charge is 0.337 e. The molecule has 0 radical (unpaired) electrons. The molecule has 4 rings (SSSR count). The quantitative estimate of drug-likeness (QED) is 0.431. The van der Waals surface area contributed by atoms with Gasteiger partial charge in [-0.05, 0) is 80.2 Å². The van der Waals surface area contributed by atoms with Gasteiger partial charge < -0.3 is 4.74 Å². The van der Waals surface area contributed by atoms with E-state index in [1.54, 1.807) is 0 Å². The molecule has 0 aliphatic carbocycles. The summed E-state index contributed by atoms with van der Waals surface area (Å²) in [6.45, 7) is 4.02. The summed E-state index contributed by atoms with van der Waals surface area (Å²) in [4.78, 5) is 21.0. The van der Waals surface area contributed by atoms with Crippen LogP contribution in [0.15, 0.2) is 79.1 Å². The number of esters is 1. The second-order valence-electron chi connectivity index (χ2n) is 9.34. The number of carbonyl (C=O) groups excluding carboxylic acids is 1. The van der Waals surface area contributed by atoms with E-state index in [-0.39, 0.29) is 5.97 Å². The molecule has 178 valence electrons. The Morgan fingerprint density at radius 3 is 2.35 bits per heavy atom. The number of pyridine rings is 1. The monoisotopic (exact) mass is 457 g/mol. The van der Waals surface area contributed by atoms with Crippen molar-refractivity contribution in [2.45, 2.75) is 38.4 Å². The van der Waals surface area contributed by atoms with E-state index in [0.717, 1.165) is 32.6 Å². The van der Waals surface area contributed by atoms with Crippen LogP contribution in [0.25, 0.3) is 0 Å². The van der Waals surface area contributed by atoms with Crippen LogP contribution in [-0.4, -0.2) is 54.0 Å². The van der Waals surface area contributed by atoms with E-state index in [9.17, 15) is 4.79 Å². The number of nitrogens with zero attached hydrogens (tertiary/aromatic N) is 3. The standard InChI is InChI=1S/C29H35N3O2/c1-31(21-25-9-6-16-30-20-25)28(19-23-7-4-3-5-8-23)26-14-17-32(18-15-26)22-24-10-12-27(13-11-24)29(33)34-2/h3-13,16,20,26,28H,14-15,17-19,21-22H2,1-2H3/t28-/m0/s1. The molecule has 34 heavy (non-hydrogen) atoms. The van der Waals surface area contributed by atoms with E-state index in [1.807, 2.05) is 42.7 Å². The zero-order chi connectivity index (χ0) is 23.8. The fraction of sp³-hybridized carbons (Fsp3) is 0.379. The van der Waals surface area contributed by atoms with Crippen LogP contribution >= 0.6 is 0 Å². The first-order chi connectivity index (χ1) is 16.6. The Labute approximate surface area is 203 Å². The van der Waals surface area contributed by atoms with Crippen LogP contribution in [-0.2, 0) is 24.2 Å². The second kappa shape index (κ2) is 11.9. The molecule has 1 aromatic heterocycles. The lowest BCUT2D eigenvalue weighted by Gasteiger charge is -2.40. The summed E-state index contributed by atoms with van der Waals surface area (Å²) in [5.74, 6) is 0.368. The highest BCUT2D eigenvalue weighted by molar-refractivity contribution is 5.89. The molecule has 0 spiro atoms. The Bertz CT molecular complexity index is 1020. The Hall–Kier alpha value is -3.02. The summed E-state index contributed by atoms with van der Waals surface area (Å²) < 4.78 is 4.80. The zero-order valence-electron chi connectivity index (χ0n) is 20.3. The fourth-order valence-electron chi connectivity index (χ4n) is 5.05. The summed E-state index contributed by atoms with van der Waals surface area (Å²) in [5, 5.41) is 0. The number of methoxy groups -OCH3 is 1. The van der Waals surface area contributed by atoms with Gasteiger partial charge in [0.25, 0.3) is 0 Å². The molecule has 1 aliphatic heterocycles. The minimum atomic E-state index is -0.285. The maximum Gasteiger partial charge on any atom is 0.337 e. The van der Waals surface area contributed by atoms with Crippen molar-refractivity contribution in [3.8, 4) is 0 Å². The first-order valence-electron chi connectivity index (χ1n) is 12.1. The number of piperidine rings is 1. The van der Waals surface area contributed by atoms with Crippen LogP contribution in [0.1, 0.15) is 39.9 Å². The zero-order valence-corrected chi connectivity index (χ0v) is 20.3. The van der Waals surface area contributed by atoms with Crippen LogP contribution < -0.4 is 0 Å². The molecule has 2 aromatic carbocycles. The number of likely N-dealkylation sites (tertiary alicyclic amines) is 1. The number of rotatable bonds is 9. The molecule has 5 heteroatoms. The highest BCUT2D eigenvalue weighted by Crippen LogP contribution is 2.28. The number of hydrogen-bond donors (Lipinski definition) is 0. The van der Waals surface area contributed by atoms with Gasteiger partial charge in [-0.2, -0.15) is 0 Å². The van der Waals surface area contributed by atoms with Gasteiger partial charge in [-0.15, -0.1) is 0 Å². The third-order valence-corrected chi connectivity index (χ3v) is 6.97. The molecular weight excluding hydrogens is 422 g/mol. The lowest BCUT2D eigenvalue weighted by molar-refractivity contribution is 0.0600. The summed E-state index contributed by atoms with van der Waals surface area (Å²) in [6.07, 6.45) is 7.26. The second-order valence-corrected chi connectivity index (χ2v) is 9.34.